The van der Waals surface area contributed by atoms with Gasteiger partial charge in [0.25, 0.3) is 0 Å². The number of carbonyl (C=O) groups excluding carboxylic acids is 1. The maximum Gasteiger partial charge on any atom is 0.246 e. The van der Waals surface area contributed by atoms with Crippen LogP contribution in [0.25, 0.3) is 11.3 Å². The first kappa shape index (κ1) is 26.8. The molecule has 0 bridgehead atoms. The normalized spacial score (nSPS) is 22.0. The quantitative estimate of drug-likeness (QED) is 0.462. The number of hydrogen-bond acceptors (Lipinski definition) is 10. The number of oxime groups is 1. The number of amides is 1. The first-order valence-corrected chi connectivity index (χ1v) is 14.5. The van der Waals surface area contributed by atoms with Gasteiger partial charge in [-0.15, -0.1) is 11.3 Å². The van der Waals surface area contributed by atoms with Crippen molar-refractivity contribution in [3.63, 3.8) is 0 Å². The first-order valence-electron chi connectivity index (χ1n) is 13.7. The Hall–Kier alpha value is -4.43. The summed E-state index contributed by atoms with van der Waals surface area (Å²) in [6, 6.07) is 10.3. The summed E-state index contributed by atoms with van der Waals surface area (Å²) in [6.45, 7) is 8.38. The van der Waals surface area contributed by atoms with Crippen molar-refractivity contribution in [1.29, 1.82) is 5.26 Å². The van der Waals surface area contributed by atoms with Crippen LogP contribution in [0, 0.1) is 11.3 Å². The number of carbonyl (C=O) groups is 1. The highest BCUT2D eigenvalue weighted by Crippen LogP contribution is 2.49. The predicted molar refractivity (Wildman–Crippen MR) is 159 cm³/mol. The van der Waals surface area contributed by atoms with Crippen LogP contribution in [0.1, 0.15) is 41.5 Å². The Morgan fingerprint density at radius 2 is 1.98 bits per heavy atom. The summed E-state index contributed by atoms with van der Waals surface area (Å²) < 4.78 is 0. The molecule has 1 aliphatic carbocycles. The number of thiophene rings is 1. The Labute approximate surface area is 243 Å². The van der Waals surface area contributed by atoms with E-state index in [4.69, 9.17) is 15.6 Å². The fourth-order valence-corrected chi connectivity index (χ4v) is 7.49. The van der Waals surface area contributed by atoms with Crippen LogP contribution in [0.15, 0.2) is 54.5 Å². The van der Waals surface area contributed by atoms with Crippen LogP contribution in [-0.2, 0) is 21.5 Å². The highest BCUT2D eigenvalue weighted by Gasteiger charge is 2.49. The fourth-order valence-electron chi connectivity index (χ4n) is 6.29. The summed E-state index contributed by atoms with van der Waals surface area (Å²) >= 11 is 1.51. The van der Waals surface area contributed by atoms with Gasteiger partial charge in [-0.25, -0.2) is 4.98 Å². The molecule has 0 spiro atoms. The minimum Gasteiger partial charge on any atom is -0.389 e. The van der Waals surface area contributed by atoms with Gasteiger partial charge in [-0.3, -0.25) is 9.78 Å². The van der Waals surface area contributed by atoms with Gasteiger partial charge >= 0.3 is 0 Å². The van der Waals surface area contributed by atoms with Crippen molar-refractivity contribution in [3.05, 3.63) is 71.0 Å². The number of likely N-dealkylation sites (N-methyl/N-ethyl adjacent to an activating group) is 1. The van der Waals surface area contributed by atoms with E-state index in [-0.39, 0.29) is 5.91 Å². The van der Waals surface area contributed by atoms with E-state index in [0.717, 1.165) is 46.6 Å². The summed E-state index contributed by atoms with van der Waals surface area (Å²) in [5, 5.41) is 15.1. The summed E-state index contributed by atoms with van der Waals surface area (Å²) in [5.41, 5.74) is 10.8. The molecule has 3 aromatic rings. The number of piperazine rings is 1. The molecule has 1 amide bonds. The zero-order chi connectivity index (χ0) is 28.7. The van der Waals surface area contributed by atoms with Crippen molar-refractivity contribution in [2.45, 2.75) is 37.8 Å². The van der Waals surface area contributed by atoms with Gasteiger partial charge in [-0.05, 0) is 62.1 Å². The molecule has 210 valence electrons. The van der Waals surface area contributed by atoms with E-state index in [1.807, 2.05) is 35.0 Å². The molecule has 3 aliphatic rings. The number of aryl methyl sites for hydroxylation is 1. The van der Waals surface area contributed by atoms with Gasteiger partial charge in [-0.2, -0.15) is 5.26 Å². The molecule has 5 heterocycles. The van der Waals surface area contributed by atoms with Crippen molar-refractivity contribution in [3.8, 4) is 17.3 Å². The van der Waals surface area contributed by atoms with Gasteiger partial charge in [0.1, 0.15) is 16.8 Å². The maximum atomic E-state index is 12.1. The van der Waals surface area contributed by atoms with E-state index in [1.54, 1.807) is 12.4 Å². The van der Waals surface area contributed by atoms with E-state index >= 15 is 0 Å². The Balaban J connectivity index is 1.34. The molecule has 0 aromatic carbocycles. The highest BCUT2D eigenvalue weighted by atomic mass is 32.1. The minimum atomic E-state index is -0.466. The van der Waals surface area contributed by atoms with Crippen molar-refractivity contribution < 1.29 is 9.63 Å². The number of nitrogens with zero attached hydrogens (tertiary/aromatic N) is 7. The molecular formula is C30H32N8O2S. The van der Waals surface area contributed by atoms with Crippen molar-refractivity contribution in [2.24, 2.45) is 5.16 Å². The van der Waals surface area contributed by atoms with Gasteiger partial charge in [0.05, 0.1) is 16.7 Å². The van der Waals surface area contributed by atoms with Crippen LogP contribution in [0.2, 0.25) is 0 Å². The number of amidine groups is 1. The number of fused-ring (bicyclic) bond motifs is 1. The minimum absolute atomic E-state index is 0.0473. The second-order valence-electron chi connectivity index (χ2n) is 10.9. The van der Waals surface area contributed by atoms with Gasteiger partial charge in [0.2, 0.25) is 12.1 Å². The number of nitrogen functional groups attached to an aromatic ring is 1. The molecule has 2 unspecified atom stereocenters. The molecule has 3 aromatic heterocycles. The van der Waals surface area contributed by atoms with Crippen molar-refractivity contribution in [2.75, 3.05) is 43.9 Å². The van der Waals surface area contributed by atoms with Gasteiger partial charge in [0, 0.05) is 61.7 Å². The smallest absolute Gasteiger partial charge is 0.246 e. The summed E-state index contributed by atoms with van der Waals surface area (Å²) in [6.07, 6.45) is 7.21. The van der Waals surface area contributed by atoms with Crippen LogP contribution in [0.5, 0.6) is 0 Å². The second kappa shape index (κ2) is 10.5. The average Bonchev–Trinajstić information content (AvgIpc) is 3.56. The standard InChI is InChI=1S/C30H32N8O2S/c1-4-25(39)38-14-12-37(13-15-38)20-16-22(19-7-10-33-11-8-19)34-23(17-20)28-35-40-29(36(28)3)30(2)9-5-6-24-26(30)21(18-31)27(32)41-24/h4,7-8,10-11,16-17,29H,1,5-6,9,12-15,32H2,2-3H3. The monoisotopic (exact) mass is 568 g/mol. The summed E-state index contributed by atoms with van der Waals surface area (Å²) in [5.74, 6) is 0.580. The zero-order valence-electron chi connectivity index (χ0n) is 23.2. The summed E-state index contributed by atoms with van der Waals surface area (Å²) in [4.78, 5) is 34.8. The predicted octanol–water partition coefficient (Wildman–Crippen LogP) is 3.74. The third kappa shape index (κ3) is 4.58. The Bertz CT molecular complexity index is 1570. The molecule has 41 heavy (non-hydrogen) atoms. The topological polar surface area (TPSA) is 124 Å². The Morgan fingerprint density at radius 3 is 2.68 bits per heavy atom. The third-order valence-corrected chi connectivity index (χ3v) is 9.49. The van der Waals surface area contributed by atoms with Crippen LogP contribution >= 0.6 is 11.3 Å². The zero-order valence-corrected chi connectivity index (χ0v) is 24.0. The molecule has 0 saturated carbocycles. The number of pyridine rings is 2. The number of aromatic nitrogens is 2. The van der Waals surface area contributed by atoms with E-state index in [0.29, 0.717) is 48.3 Å². The molecule has 2 N–H and O–H groups in total. The van der Waals surface area contributed by atoms with E-state index < -0.39 is 11.6 Å². The Kier molecular flexibility index (Phi) is 6.87. The Morgan fingerprint density at radius 1 is 1.24 bits per heavy atom. The first-order chi connectivity index (χ1) is 19.8. The SMILES string of the molecule is C=CC(=O)N1CCN(c2cc(C3=NOC(C4(C)CCCc5sc(N)c(C#N)c54)N3C)nc(-c3ccncc3)c2)CC1. The summed E-state index contributed by atoms with van der Waals surface area (Å²) in [7, 11) is 1.97. The highest BCUT2D eigenvalue weighted by molar-refractivity contribution is 7.16. The van der Waals surface area contributed by atoms with Crippen molar-refractivity contribution >= 4 is 33.8 Å². The van der Waals surface area contributed by atoms with Crippen molar-refractivity contribution in [1.82, 2.24) is 19.8 Å². The van der Waals surface area contributed by atoms with Crippen LogP contribution < -0.4 is 10.6 Å². The molecule has 6 rings (SSSR count). The lowest BCUT2D eigenvalue weighted by molar-refractivity contribution is -0.126. The van der Waals surface area contributed by atoms with Crippen LogP contribution in [0.3, 0.4) is 0 Å². The molecule has 2 aliphatic heterocycles. The molecular weight excluding hydrogens is 536 g/mol. The molecule has 0 radical (unpaired) electrons. The van der Waals surface area contributed by atoms with Crippen LogP contribution in [-0.4, -0.2) is 71.0 Å². The second-order valence-corrected chi connectivity index (χ2v) is 12.0. The van der Waals surface area contributed by atoms with E-state index in [9.17, 15) is 10.1 Å². The number of rotatable bonds is 5. The lowest BCUT2D eigenvalue weighted by Crippen LogP contribution is -2.49. The number of hydrogen-bond donors (Lipinski definition) is 1. The van der Waals surface area contributed by atoms with Gasteiger partial charge < -0.3 is 25.3 Å². The molecule has 11 heteroatoms. The number of nitrogens with two attached hydrogens (primary N) is 1. The number of anilines is 2. The average molecular weight is 569 g/mol. The number of nitriles is 1. The van der Waals surface area contributed by atoms with E-state index in [1.165, 1.54) is 17.4 Å². The third-order valence-electron chi connectivity index (χ3n) is 8.41. The maximum absolute atomic E-state index is 12.1. The molecule has 10 nitrogen and oxygen atoms in total. The molecule has 2 atom stereocenters. The molecule has 1 saturated heterocycles. The largest absolute Gasteiger partial charge is 0.389 e. The van der Waals surface area contributed by atoms with Gasteiger partial charge in [0.15, 0.2) is 5.84 Å². The lowest BCUT2D eigenvalue weighted by atomic mass is 9.71. The lowest BCUT2D eigenvalue weighted by Gasteiger charge is -2.40. The van der Waals surface area contributed by atoms with Crippen LogP contribution in [0.4, 0.5) is 10.7 Å². The molecule has 1 fully saturated rings. The van der Waals surface area contributed by atoms with Gasteiger partial charge in [-0.1, -0.05) is 11.7 Å². The fraction of sp³-hybridized carbons (Fsp3) is 0.367. The van der Waals surface area contributed by atoms with E-state index in [2.05, 4.69) is 40.7 Å².